The molecule has 1 amide bonds. The molecule has 12 heteroatoms. The fourth-order valence-corrected chi connectivity index (χ4v) is 5.32. The van der Waals surface area contributed by atoms with E-state index in [0.29, 0.717) is 18.1 Å². The van der Waals surface area contributed by atoms with Crippen molar-refractivity contribution >= 4 is 50.6 Å². The summed E-state index contributed by atoms with van der Waals surface area (Å²) in [5.41, 5.74) is 1.47. The first-order chi connectivity index (χ1) is 15.8. The van der Waals surface area contributed by atoms with Crippen molar-refractivity contribution in [2.24, 2.45) is 0 Å². The van der Waals surface area contributed by atoms with Gasteiger partial charge in [0.2, 0.25) is 11.8 Å². The number of allylic oxidation sites excluding steroid dienone is 1. The minimum absolute atomic E-state index is 0.192. The molecular formula is C21H19Cl2N5O4S. The zero-order valence-electron chi connectivity index (χ0n) is 17.3. The van der Waals surface area contributed by atoms with E-state index in [-0.39, 0.29) is 34.7 Å². The smallest absolute Gasteiger partial charge is 0.243 e. The lowest BCUT2D eigenvalue weighted by atomic mass is 10.1. The molecule has 0 spiro atoms. The van der Waals surface area contributed by atoms with E-state index in [2.05, 4.69) is 10.1 Å². The first kappa shape index (κ1) is 23.3. The summed E-state index contributed by atoms with van der Waals surface area (Å²) in [6, 6.07) is 4.49. The summed E-state index contributed by atoms with van der Waals surface area (Å²) in [6.45, 7) is 0.500. The highest BCUT2D eigenvalue weighted by molar-refractivity contribution is 7.94. The van der Waals surface area contributed by atoms with Crippen LogP contribution in [0.5, 0.6) is 0 Å². The predicted molar refractivity (Wildman–Crippen MR) is 123 cm³/mol. The Kier molecular flexibility index (Phi) is 6.74. The first-order valence-corrected chi connectivity index (χ1v) is 12.7. The van der Waals surface area contributed by atoms with E-state index in [1.54, 1.807) is 18.3 Å². The van der Waals surface area contributed by atoms with E-state index in [0.717, 1.165) is 23.8 Å². The topological polar surface area (TPSA) is 118 Å². The molecule has 1 unspecified atom stereocenters. The Morgan fingerprint density at radius 2 is 2.21 bits per heavy atom. The molecule has 2 aromatic rings. The lowest BCUT2D eigenvalue weighted by Gasteiger charge is -2.26. The van der Waals surface area contributed by atoms with Crippen LogP contribution in [0.25, 0.3) is 5.88 Å². The molecule has 0 saturated carbocycles. The van der Waals surface area contributed by atoms with Crippen molar-refractivity contribution in [2.45, 2.75) is 25.3 Å². The molecule has 2 aliphatic heterocycles. The number of alkyl halides is 1. The number of hydrogen-bond donors (Lipinski definition) is 0. The van der Waals surface area contributed by atoms with Crippen LogP contribution < -0.4 is 4.90 Å². The summed E-state index contributed by atoms with van der Waals surface area (Å²) in [7, 11) is -3.46. The van der Waals surface area contributed by atoms with Crippen LogP contribution in [0, 0.1) is 11.3 Å². The number of hydrogen-bond acceptors (Lipinski definition) is 7. The van der Waals surface area contributed by atoms with Gasteiger partial charge in [0.05, 0.1) is 18.4 Å². The zero-order chi connectivity index (χ0) is 23.6. The lowest BCUT2D eigenvalue weighted by Crippen LogP contribution is -2.42. The van der Waals surface area contributed by atoms with Gasteiger partial charge in [-0.05, 0) is 36.6 Å². The maximum atomic E-state index is 12.9. The zero-order valence-corrected chi connectivity index (χ0v) is 19.6. The van der Waals surface area contributed by atoms with Gasteiger partial charge in [-0.1, -0.05) is 17.7 Å². The van der Waals surface area contributed by atoms with Crippen molar-refractivity contribution < 1.29 is 17.9 Å². The third-order valence-corrected chi connectivity index (χ3v) is 7.19. The van der Waals surface area contributed by atoms with E-state index in [4.69, 9.17) is 33.2 Å². The Morgan fingerprint density at radius 3 is 2.79 bits per heavy atom. The van der Waals surface area contributed by atoms with Crippen LogP contribution in [0.2, 0.25) is 5.15 Å². The molecule has 0 aliphatic carbocycles. The van der Waals surface area contributed by atoms with Crippen LogP contribution >= 0.6 is 23.2 Å². The highest BCUT2D eigenvalue weighted by Crippen LogP contribution is 2.35. The van der Waals surface area contributed by atoms with Crippen LogP contribution in [0.3, 0.4) is 0 Å². The average molecular weight is 508 g/mol. The number of sulfone groups is 1. The van der Waals surface area contributed by atoms with Gasteiger partial charge < -0.3 is 4.74 Å². The maximum Gasteiger partial charge on any atom is 0.243 e. The highest BCUT2D eigenvalue weighted by atomic mass is 35.5. The number of anilines is 1. The standard InChI is InChI=1S/C21H19Cl2N5O4S/c22-10-18(29)27(16-6-8-33(30,31)13-16)21-17(9-14-4-5-15(11-24)25-12-14)20(23)28(26-21)19-3-1-2-7-32-19/h3-6,8,12,16H,1-2,7,9-10,13H2. The number of rotatable bonds is 6. The van der Waals surface area contributed by atoms with Crippen molar-refractivity contribution in [1.29, 1.82) is 5.26 Å². The van der Waals surface area contributed by atoms with Crippen molar-refractivity contribution in [2.75, 3.05) is 23.1 Å². The average Bonchev–Trinajstić information content (AvgIpc) is 3.34. The molecule has 172 valence electrons. The molecule has 4 rings (SSSR count). The monoisotopic (exact) mass is 507 g/mol. The number of nitrogens with zero attached hydrogens (tertiary/aromatic N) is 5. The number of amides is 1. The molecule has 1 atom stereocenters. The molecule has 0 saturated heterocycles. The summed E-state index contributed by atoms with van der Waals surface area (Å²) in [5.74, 6) is -0.535. The number of pyridine rings is 1. The van der Waals surface area contributed by atoms with Gasteiger partial charge in [0, 0.05) is 23.6 Å². The molecule has 33 heavy (non-hydrogen) atoms. The van der Waals surface area contributed by atoms with Gasteiger partial charge in [-0.2, -0.15) is 9.94 Å². The maximum absolute atomic E-state index is 12.9. The van der Waals surface area contributed by atoms with Gasteiger partial charge in [-0.3, -0.25) is 9.69 Å². The van der Waals surface area contributed by atoms with Gasteiger partial charge in [0.1, 0.15) is 22.8 Å². The van der Waals surface area contributed by atoms with Crippen molar-refractivity contribution in [3.05, 3.63) is 57.9 Å². The summed E-state index contributed by atoms with van der Waals surface area (Å²) in [6.07, 6.45) is 6.71. The third kappa shape index (κ3) is 4.90. The molecule has 4 heterocycles. The molecule has 2 aromatic heterocycles. The predicted octanol–water partition coefficient (Wildman–Crippen LogP) is 2.89. The van der Waals surface area contributed by atoms with Crippen LogP contribution in [0.4, 0.5) is 5.82 Å². The van der Waals surface area contributed by atoms with Gasteiger partial charge >= 0.3 is 0 Å². The van der Waals surface area contributed by atoms with Crippen LogP contribution in [0.1, 0.15) is 29.7 Å². The Hall–Kier alpha value is -2.87. The Bertz CT molecular complexity index is 1280. The van der Waals surface area contributed by atoms with Crippen LogP contribution in [-0.4, -0.2) is 53.4 Å². The molecule has 0 aromatic carbocycles. The van der Waals surface area contributed by atoms with Crippen LogP contribution in [-0.2, 0) is 25.8 Å². The minimum atomic E-state index is -3.46. The second-order valence-electron chi connectivity index (χ2n) is 7.50. The second kappa shape index (κ2) is 9.55. The number of nitriles is 1. The molecule has 2 aliphatic rings. The summed E-state index contributed by atoms with van der Waals surface area (Å²) < 4.78 is 31.3. The fourth-order valence-electron chi connectivity index (χ4n) is 3.65. The van der Waals surface area contributed by atoms with Crippen LogP contribution in [0.15, 0.2) is 35.9 Å². The normalized spacial score (nSPS) is 18.9. The summed E-state index contributed by atoms with van der Waals surface area (Å²) in [5, 5.41) is 14.9. The largest absolute Gasteiger partial charge is 0.478 e. The molecule has 0 fully saturated rings. The highest BCUT2D eigenvalue weighted by Gasteiger charge is 2.35. The van der Waals surface area contributed by atoms with Crippen molar-refractivity contribution in [3.8, 4) is 6.07 Å². The third-order valence-electron chi connectivity index (χ3n) is 5.20. The second-order valence-corrected chi connectivity index (χ2v) is 10.1. The summed E-state index contributed by atoms with van der Waals surface area (Å²) in [4.78, 5) is 18.2. The number of ether oxygens (including phenoxy) is 1. The Balaban J connectivity index is 1.83. The fraction of sp³-hybridized carbons (Fsp3) is 0.333. The SMILES string of the molecule is N#Cc1ccc(Cc2c(N(C(=O)CCl)C3C=CS(=O)(=O)C3)nn(C3=CCCCO3)c2Cl)cn1. The van der Waals surface area contributed by atoms with Crippen molar-refractivity contribution in [3.63, 3.8) is 0 Å². The Labute approximate surface area is 200 Å². The molecule has 0 bridgehead atoms. The van der Waals surface area contributed by atoms with E-state index in [1.807, 2.05) is 12.1 Å². The minimum Gasteiger partial charge on any atom is -0.478 e. The van der Waals surface area contributed by atoms with Crippen molar-refractivity contribution in [1.82, 2.24) is 14.8 Å². The van der Waals surface area contributed by atoms with Gasteiger partial charge in [-0.15, -0.1) is 16.7 Å². The van der Waals surface area contributed by atoms with E-state index < -0.39 is 21.8 Å². The number of carbonyl (C=O) groups excluding carboxylic acids is 1. The molecule has 9 nitrogen and oxygen atoms in total. The summed E-state index contributed by atoms with van der Waals surface area (Å²) >= 11 is 12.6. The van der Waals surface area contributed by atoms with E-state index in [1.165, 1.54) is 15.7 Å². The quantitative estimate of drug-likeness (QED) is 0.551. The van der Waals surface area contributed by atoms with Gasteiger partial charge in [0.25, 0.3) is 0 Å². The van der Waals surface area contributed by atoms with Gasteiger partial charge in [-0.25, -0.2) is 13.4 Å². The lowest BCUT2D eigenvalue weighted by molar-refractivity contribution is -0.116. The molecule has 0 radical (unpaired) electrons. The number of halogens is 2. The van der Waals surface area contributed by atoms with E-state index >= 15 is 0 Å². The Morgan fingerprint density at radius 1 is 1.39 bits per heavy atom. The first-order valence-electron chi connectivity index (χ1n) is 10.1. The number of aromatic nitrogens is 3. The molecule has 0 N–H and O–H groups in total. The number of carbonyl (C=O) groups is 1. The van der Waals surface area contributed by atoms with E-state index in [9.17, 15) is 13.2 Å². The van der Waals surface area contributed by atoms with Gasteiger partial charge in [0.15, 0.2) is 15.7 Å². The molecular weight excluding hydrogens is 489 g/mol.